The molecule has 0 saturated heterocycles. The number of aliphatic hydroxyl groups is 3. The first-order valence-electron chi connectivity index (χ1n) is 7.76. The summed E-state index contributed by atoms with van der Waals surface area (Å²) in [4.78, 5) is 10.9. The molecule has 0 aromatic rings. The van der Waals surface area contributed by atoms with Gasteiger partial charge < -0.3 is 20.4 Å². The molecule has 0 aromatic heterocycles. The Morgan fingerprint density at radius 2 is 1.95 bits per heavy atom. The summed E-state index contributed by atoms with van der Waals surface area (Å²) in [6.45, 7) is 3.81. The van der Waals surface area contributed by atoms with Gasteiger partial charge in [0.15, 0.2) is 0 Å². The summed E-state index contributed by atoms with van der Waals surface area (Å²) in [5, 5.41) is 39.0. The first kappa shape index (κ1) is 18.1. The maximum atomic E-state index is 10.9. The highest BCUT2D eigenvalue weighted by atomic mass is 16.4. The highest BCUT2D eigenvalue weighted by molar-refractivity contribution is 5.67. The lowest BCUT2D eigenvalue weighted by atomic mass is 9.88. The van der Waals surface area contributed by atoms with Crippen LogP contribution in [0.4, 0.5) is 0 Å². The van der Waals surface area contributed by atoms with Gasteiger partial charge in [0.05, 0.1) is 24.2 Å². The normalized spacial score (nSPS) is 32.4. The number of carboxylic acids is 1. The summed E-state index contributed by atoms with van der Waals surface area (Å²) < 4.78 is 0. The van der Waals surface area contributed by atoms with Crippen LogP contribution in [-0.2, 0) is 4.79 Å². The van der Waals surface area contributed by atoms with E-state index in [1.54, 1.807) is 19.1 Å². The van der Waals surface area contributed by atoms with Crippen molar-refractivity contribution in [3.8, 4) is 0 Å². The monoisotopic (exact) mass is 300 g/mol. The van der Waals surface area contributed by atoms with Crippen molar-refractivity contribution in [1.29, 1.82) is 0 Å². The minimum Gasteiger partial charge on any atom is -0.481 e. The van der Waals surface area contributed by atoms with Crippen LogP contribution < -0.4 is 0 Å². The zero-order chi connectivity index (χ0) is 16.0. The molecule has 0 amide bonds. The number of carboxylic acid groups (broad SMARTS) is 1. The van der Waals surface area contributed by atoms with Crippen LogP contribution in [0.2, 0.25) is 0 Å². The Morgan fingerprint density at radius 1 is 1.29 bits per heavy atom. The van der Waals surface area contributed by atoms with E-state index < -0.39 is 35.6 Å². The standard InChI is InChI=1S/C16H28O5/c1-3-4-5-7-16(2,21)8-6-11-12(9-15(19)20)14(18)10-13(11)17/h6,8,11-14,17-18,21H,3-5,7,9-10H2,1-2H3,(H,19,20)/t11-,12-,13-,14+,16+/m1/s1. The second-order valence-corrected chi connectivity index (χ2v) is 6.38. The summed E-state index contributed by atoms with van der Waals surface area (Å²) in [5.74, 6) is -1.91. The first-order chi connectivity index (χ1) is 9.76. The summed E-state index contributed by atoms with van der Waals surface area (Å²) in [7, 11) is 0. The fourth-order valence-corrected chi connectivity index (χ4v) is 3.00. The van der Waals surface area contributed by atoms with Crippen LogP contribution in [0.15, 0.2) is 12.2 Å². The van der Waals surface area contributed by atoms with Crippen molar-refractivity contribution in [2.24, 2.45) is 11.8 Å². The number of aliphatic carboxylic acids is 1. The molecule has 1 fully saturated rings. The lowest BCUT2D eigenvalue weighted by molar-refractivity contribution is -0.139. The zero-order valence-electron chi connectivity index (χ0n) is 12.9. The van der Waals surface area contributed by atoms with Crippen molar-refractivity contribution in [1.82, 2.24) is 0 Å². The first-order valence-corrected chi connectivity index (χ1v) is 7.76. The van der Waals surface area contributed by atoms with Crippen LogP contribution in [0, 0.1) is 11.8 Å². The quantitative estimate of drug-likeness (QED) is 0.404. The van der Waals surface area contributed by atoms with E-state index in [1.807, 2.05) is 0 Å². The largest absolute Gasteiger partial charge is 0.481 e. The molecular formula is C16H28O5. The van der Waals surface area contributed by atoms with Gasteiger partial charge in [0.1, 0.15) is 0 Å². The van der Waals surface area contributed by atoms with Gasteiger partial charge in [-0.15, -0.1) is 0 Å². The Balaban J connectivity index is 2.68. The molecule has 5 heteroatoms. The Kier molecular flexibility index (Phi) is 6.84. The SMILES string of the molecule is CCCCC[C@](C)(O)C=C[C@@H]1[C@@H](CC(=O)O)[C@@H](O)C[C@H]1O. The molecule has 5 nitrogen and oxygen atoms in total. The third kappa shape index (κ3) is 5.77. The molecule has 5 atom stereocenters. The summed E-state index contributed by atoms with van der Waals surface area (Å²) in [6, 6.07) is 0. The van der Waals surface area contributed by atoms with Crippen molar-refractivity contribution in [2.75, 3.05) is 0 Å². The van der Waals surface area contributed by atoms with E-state index in [1.165, 1.54) is 0 Å². The van der Waals surface area contributed by atoms with Crippen molar-refractivity contribution >= 4 is 5.97 Å². The van der Waals surface area contributed by atoms with Gasteiger partial charge in [-0.1, -0.05) is 38.3 Å². The summed E-state index contributed by atoms with van der Waals surface area (Å²) in [5.41, 5.74) is -0.962. The van der Waals surface area contributed by atoms with Gasteiger partial charge in [-0.2, -0.15) is 0 Å². The fourth-order valence-electron chi connectivity index (χ4n) is 3.00. The van der Waals surface area contributed by atoms with Crippen molar-refractivity contribution in [2.45, 2.75) is 70.2 Å². The number of rotatable bonds is 8. The van der Waals surface area contributed by atoms with Gasteiger partial charge in [-0.25, -0.2) is 0 Å². The molecule has 0 aliphatic heterocycles. The third-order valence-corrected chi connectivity index (χ3v) is 4.29. The number of hydrogen-bond acceptors (Lipinski definition) is 4. The molecule has 21 heavy (non-hydrogen) atoms. The lowest BCUT2D eigenvalue weighted by Gasteiger charge is -2.22. The minimum atomic E-state index is -0.985. The molecule has 1 rings (SSSR count). The Hall–Kier alpha value is -0.910. The van der Waals surface area contributed by atoms with Crippen LogP contribution in [0.25, 0.3) is 0 Å². The molecule has 1 aliphatic rings. The van der Waals surface area contributed by atoms with Crippen molar-refractivity contribution in [3.63, 3.8) is 0 Å². The molecule has 0 heterocycles. The third-order valence-electron chi connectivity index (χ3n) is 4.29. The smallest absolute Gasteiger partial charge is 0.303 e. The van der Waals surface area contributed by atoms with Gasteiger partial charge in [0.25, 0.3) is 0 Å². The molecular weight excluding hydrogens is 272 g/mol. The van der Waals surface area contributed by atoms with E-state index in [0.717, 1.165) is 19.3 Å². The summed E-state index contributed by atoms with van der Waals surface area (Å²) >= 11 is 0. The molecule has 0 unspecified atom stereocenters. The zero-order valence-corrected chi connectivity index (χ0v) is 12.9. The lowest BCUT2D eigenvalue weighted by Crippen LogP contribution is -2.25. The van der Waals surface area contributed by atoms with Gasteiger partial charge in [-0.3, -0.25) is 4.79 Å². The molecule has 1 saturated carbocycles. The molecule has 0 aromatic carbocycles. The Bertz CT molecular complexity index is 364. The predicted octanol–water partition coefficient (Wildman–Crippen LogP) is 1.71. The van der Waals surface area contributed by atoms with Crippen LogP contribution in [0.3, 0.4) is 0 Å². The van der Waals surface area contributed by atoms with Gasteiger partial charge in [0, 0.05) is 18.3 Å². The van der Waals surface area contributed by atoms with Gasteiger partial charge in [0.2, 0.25) is 0 Å². The molecule has 122 valence electrons. The molecule has 1 aliphatic carbocycles. The van der Waals surface area contributed by atoms with Crippen LogP contribution in [0.1, 0.15) is 52.4 Å². The van der Waals surface area contributed by atoms with Crippen molar-refractivity contribution in [3.05, 3.63) is 12.2 Å². The van der Waals surface area contributed by atoms with E-state index in [9.17, 15) is 20.1 Å². The van der Waals surface area contributed by atoms with E-state index in [4.69, 9.17) is 5.11 Å². The number of unbranched alkanes of at least 4 members (excludes halogenated alkanes) is 2. The van der Waals surface area contributed by atoms with Crippen LogP contribution >= 0.6 is 0 Å². The number of hydrogen-bond donors (Lipinski definition) is 4. The second-order valence-electron chi connectivity index (χ2n) is 6.38. The molecule has 0 spiro atoms. The Morgan fingerprint density at radius 3 is 2.52 bits per heavy atom. The molecule has 0 bridgehead atoms. The van der Waals surface area contributed by atoms with Crippen molar-refractivity contribution < 1.29 is 25.2 Å². The van der Waals surface area contributed by atoms with E-state index in [2.05, 4.69) is 6.92 Å². The second kappa shape index (κ2) is 7.92. The maximum Gasteiger partial charge on any atom is 0.303 e. The van der Waals surface area contributed by atoms with E-state index in [-0.39, 0.29) is 12.8 Å². The number of aliphatic hydroxyl groups excluding tert-OH is 2. The van der Waals surface area contributed by atoms with Gasteiger partial charge in [-0.05, 0) is 13.3 Å². The van der Waals surface area contributed by atoms with Crippen LogP contribution in [-0.4, -0.2) is 44.2 Å². The average molecular weight is 300 g/mol. The van der Waals surface area contributed by atoms with Gasteiger partial charge >= 0.3 is 5.97 Å². The minimum absolute atomic E-state index is 0.175. The van der Waals surface area contributed by atoms with E-state index in [0.29, 0.717) is 6.42 Å². The average Bonchev–Trinajstić information content (AvgIpc) is 2.61. The highest BCUT2D eigenvalue weighted by Crippen LogP contribution is 2.36. The van der Waals surface area contributed by atoms with Crippen LogP contribution in [0.5, 0.6) is 0 Å². The Labute approximate surface area is 126 Å². The molecule has 0 radical (unpaired) electrons. The number of carbonyl (C=O) groups is 1. The maximum absolute atomic E-state index is 10.9. The van der Waals surface area contributed by atoms with E-state index >= 15 is 0 Å². The predicted molar refractivity (Wildman–Crippen MR) is 79.8 cm³/mol. The fraction of sp³-hybridized carbons (Fsp3) is 0.812. The highest BCUT2D eigenvalue weighted by Gasteiger charge is 2.41. The topological polar surface area (TPSA) is 98.0 Å². The molecule has 4 N–H and O–H groups in total. The summed E-state index contributed by atoms with van der Waals surface area (Å²) in [6.07, 6.45) is 5.45.